The van der Waals surface area contributed by atoms with Crippen LogP contribution in [-0.4, -0.2) is 57.7 Å². The maximum absolute atomic E-state index is 13.7. The van der Waals surface area contributed by atoms with Gasteiger partial charge in [-0.1, -0.05) is 58.3 Å². The molecule has 8 heteroatoms. The van der Waals surface area contributed by atoms with Crippen LogP contribution in [0.5, 0.6) is 0 Å². The second-order valence-electron chi connectivity index (χ2n) is 10.5. The number of rotatable bonds is 18. The maximum Gasteiger partial charge on any atom is 0.229 e. The van der Waals surface area contributed by atoms with E-state index in [0.29, 0.717) is 53.0 Å². The molecular weight excluding hydrogens is 512 g/mol. The van der Waals surface area contributed by atoms with Crippen molar-refractivity contribution >= 4 is 32.5 Å². The first-order valence-electron chi connectivity index (χ1n) is 14.6. The number of aryl methyl sites for hydroxylation is 1. The van der Waals surface area contributed by atoms with Crippen molar-refractivity contribution in [3.8, 4) is 0 Å². The highest BCUT2D eigenvalue weighted by Gasteiger charge is 2.24. The molecular formula is C31H46N2O5S. The second kappa shape index (κ2) is 15.4. The number of carbonyl (C=O) groups excluding carboxylic acids is 1. The van der Waals surface area contributed by atoms with Crippen LogP contribution < -0.4 is 4.72 Å². The van der Waals surface area contributed by atoms with E-state index in [2.05, 4.69) is 30.4 Å². The number of Topliss-reactive ketones (excluding diaryl/α,β-unsaturated/α-hetero) is 1. The van der Waals surface area contributed by atoms with Crippen molar-refractivity contribution in [3.63, 3.8) is 0 Å². The van der Waals surface area contributed by atoms with E-state index in [1.807, 2.05) is 18.2 Å². The van der Waals surface area contributed by atoms with Crippen molar-refractivity contribution in [1.82, 2.24) is 4.90 Å². The normalized spacial score (nSPS) is 15.7. The number of unbranched alkanes of at least 4 members (excludes halogenated alkanes) is 3. The number of fused-ring (bicyclic) bond motifs is 1. The Morgan fingerprint density at radius 3 is 2.36 bits per heavy atom. The van der Waals surface area contributed by atoms with Crippen LogP contribution in [0, 0.1) is 0 Å². The van der Waals surface area contributed by atoms with Crippen molar-refractivity contribution in [2.24, 2.45) is 0 Å². The Hall–Kier alpha value is -2.42. The van der Waals surface area contributed by atoms with E-state index in [1.54, 1.807) is 18.2 Å². The Kier molecular flexibility index (Phi) is 12.3. The van der Waals surface area contributed by atoms with Gasteiger partial charge in [0.1, 0.15) is 11.3 Å². The van der Waals surface area contributed by atoms with Gasteiger partial charge < -0.3 is 14.1 Å². The molecule has 216 valence electrons. The third kappa shape index (κ3) is 9.62. The summed E-state index contributed by atoms with van der Waals surface area (Å²) in [5, 5.41) is 0.628. The van der Waals surface area contributed by atoms with E-state index >= 15 is 0 Å². The highest BCUT2D eigenvalue weighted by Crippen LogP contribution is 2.32. The molecule has 3 rings (SSSR count). The summed E-state index contributed by atoms with van der Waals surface area (Å²) in [5.74, 6) is 0.547. The van der Waals surface area contributed by atoms with E-state index in [0.717, 1.165) is 45.2 Å². The van der Waals surface area contributed by atoms with E-state index in [9.17, 15) is 13.2 Å². The number of hydrogen-bond acceptors (Lipinski definition) is 6. The third-order valence-electron chi connectivity index (χ3n) is 6.98. The topological polar surface area (TPSA) is 88.8 Å². The van der Waals surface area contributed by atoms with Gasteiger partial charge >= 0.3 is 0 Å². The SMILES string of the molecule is CCCCc1oc2ccc(NS(C)(=O)=O)cc2c1C(=O)C1=CCC(OCCCN(CCCC)CCCC)C=C1. The van der Waals surface area contributed by atoms with Crippen molar-refractivity contribution in [2.45, 2.75) is 84.7 Å². The van der Waals surface area contributed by atoms with Gasteiger partial charge in [-0.15, -0.1) is 0 Å². The molecule has 1 heterocycles. The summed E-state index contributed by atoms with van der Waals surface area (Å²) < 4.78 is 38.2. The molecule has 0 saturated heterocycles. The largest absolute Gasteiger partial charge is 0.460 e. The van der Waals surface area contributed by atoms with Crippen molar-refractivity contribution in [1.29, 1.82) is 0 Å². The predicted octanol–water partition coefficient (Wildman–Crippen LogP) is 6.89. The number of allylic oxidation sites excluding steroid dienone is 2. The summed E-state index contributed by atoms with van der Waals surface area (Å²) in [6.07, 6.45) is 15.9. The van der Waals surface area contributed by atoms with Crippen LogP contribution >= 0.6 is 0 Å². The summed E-state index contributed by atoms with van der Waals surface area (Å²) in [4.78, 5) is 16.3. The number of carbonyl (C=O) groups is 1. The molecule has 0 amide bonds. The molecule has 2 aromatic rings. The molecule has 1 N–H and O–H groups in total. The average Bonchev–Trinajstić information content (AvgIpc) is 3.27. The van der Waals surface area contributed by atoms with E-state index < -0.39 is 10.0 Å². The molecule has 0 aliphatic heterocycles. The zero-order chi connectivity index (χ0) is 28.3. The second-order valence-corrected chi connectivity index (χ2v) is 12.2. The first-order valence-corrected chi connectivity index (χ1v) is 16.4. The molecule has 1 aliphatic rings. The zero-order valence-electron chi connectivity index (χ0n) is 24.1. The van der Waals surface area contributed by atoms with Gasteiger partial charge in [-0.05, 0) is 63.4 Å². The fourth-order valence-electron chi connectivity index (χ4n) is 4.85. The van der Waals surface area contributed by atoms with Gasteiger partial charge in [0, 0.05) is 36.2 Å². The third-order valence-corrected chi connectivity index (χ3v) is 7.58. The van der Waals surface area contributed by atoms with Crippen LogP contribution in [-0.2, 0) is 21.2 Å². The number of anilines is 1. The molecule has 7 nitrogen and oxygen atoms in total. The standard InChI is InChI=1S/C31H46N2O5S/c1-5-8-12-29-30(27-23-25(32-39(4,35)36)15-18-28(27)38-29)31(34)24-13-16-26(17-14-24)37-22-11-21-33(19-9-6-2)20-10-7-3/h13-16,18,23,26,32H,5-12,17,19-22H2,1-4H3. The van der Waals surface area contributed by atoms with E-state index in [-0.39, 0.29) is 11.9 Å². The number of ketones is 1. The molecule has 0 radical (unpaired) electrons. The Balaban J connectivity index is 1.65. The molecule has 1 unspecified atom stereocenters. The highest BCUT2D eigenvalue weighted by atomic mass is 32.2. The predicted molar refractivity (Wildman–Crippen MR) is 160 cm³/mol. The fraction of sp³-hybridized carbons (Fsp3) is 0.581. The number of sulfonamides is 1. The Morgan fingerprint density at radius 2 is 1.74 bits per heavy atom. The van der Waals surface area contributed by atoms with E-state index in [1.165, 1.54) is 25.7 Å². The summed E-state index contributed by atoms with van der Waals surface area (Å²) in [6, 6.07) is 5.06. The number of furan rings is 1. The van der Waals surface area contributed by atoms with Crippen molar-refractivity contribution in [3.05, 3.63) is 53.3 Å². The van der Waals surface area contributed by atoms with Crippen LogP contribution in [0.3, 0.4) is 0 Å². The smallest absolute Gasteiger partial charge is 0.229 e. The lowest BCUT2D eigenvalue weighted by Crippen LogP contribution is -2.28. The minimum atomic E-state index is -3.44. The lowest BCUT2D eigenvalue weighted by atomic mass is 9.94. The van der Waals surface area contributed by atoms with Crippen LogP contribution in [0.2, 0.25) is 0 Å². The first-order chi connectivity index (χ1) is 18.8. The first kappa shape index (κ1) is 31.1. The number of ether oxygens (including phenoxy) is 1. The zero-order valence-corrected chi connectivity index (χ0v) is 24.9. The van der Waals surface area contributed by atoms with Crippen molar-refractivity contribution in [2.75, 3.05) is 37.2 Å². The van der Waals surface area contributed by atoms with Crippen molar-refractivity contribution < 1.29 is 22.4 Å². The Bertz CT molecular complexity index is 1240. The molecule has 39 heavy (non-hydrogen) atoms. The molecule has 1 atom stereocenters. The van der Waals surface area contributed by atoms with Gasteiger partial charge in [0.2, 0.25) is 10.0 Å². The molecule has 1 aromatic heterocycles. The monoisotopic (exact) mass is 558 g/mol. The Labute approximate surface area is 234 Å². The minimum Gasteiger partial charge on any atom is -0.460 e. The summed E-state index contributed by atoms with van der Waals surface area (Å²) in [5.41, 5.74) is 2.12. The molecule has 0 fully saturated rings. The number of hydrogen-bond donors (Lipinski definition) is 1. The van der Waals surface area contributed by atoms with Gasteiger partial charge in [0.15, 0.2) is 5.78 Å². The minimum absolute atomic E-state index is 0.0347. The van der Waals surface area contributed by atoms with Crippen LogP contribution in [0.1, 0.15) is 88.3 Å². The lowest BCUT2D eigenvalue weighted by Gasteiger charge is -2.22. The van der Waals surface area contributed by atoms with Gasteiger partial charge in [-0.3, -0.25) is 9.52 Å². The number of nitrogens with one attached hydrogen (secondary N) is 1. The van der Waals surface area contributed by atoms with Gasteiger partial charge in [-0.25, -0.2) is 8.42 Å². The van der Waals surface area contributed by atoms with Crippen LogP contribution in [0.15, 0.2) is 46.4 Å². The number of nitrogens with zero attached hydrogens (tertiary/aromatic N) is 1. The molecule has 1 aliphatic carbocycles. The fourth-order valence-corrected chi connectivity index (χ4v) is 5.40. The quantitative estimate of drug-likeness (QED) is 0.158. The highest BCUT2D eigenvalue weighted by molar-refractivity contribution is 7.92. The van der Waals surface area contributed by atoms with Gasteiger partial charge in [-0.2, -0.15) is 0 Å². The molecule has 1 aromatic carbocycles. The van der Waals surface area contributed by atoms with Gasteiger partial charge in [0.25, 0.3) is 0 Å². The lowest BCUT2D eigenvalue weighted by molar-refractivity contribution is 0.0768. The molecule has 0 bridgehead atoms. The summed E-state index contributed by atoms with van der Waals surface area (Å²) >= 11 is 0. The summed E-state index contributed by atoms with van der Waals surface area (Å²) in [6.45, 7) is 10.6. The van der Waals surface area contributed by atoms with E-state index in [4.69, 9.17) is 9.15 Å². The maximum atomic E-state index is 13.7. The Morgan fingerprint density at radius 1 is 1.05 bits per heavy atom. The molecule has 0 spiro atoms. The van der Waals surface area contributed by atoms with Crippen LogP contribution in [0.25, 0.3) is 11.0 Å². The van der Waals surface area contributed by atoms with Gasteiger partial charge in [0.05, 0.1) is 17.9 Å². The summed E-state index contributed by atoms with van der Waals surface area (Å²) in [7, 11) is -3.44. The number of benzene rings is 1. The average molecular weight is 559 g/mol. The molecule has 0 saturated carbocycles. The van der Waals surface area contributed by atoms with Crippen LogP contribution in [0.4, 0.5) is 5.69 Å².